The zero-order valence-corrected chi connectivity index (χ0v) is 16.3. The molecule has 1 atom stereocenters. The second-order valence-electron chi connectivity index (χ2n) is 6.57. The average molecular weight is 357 g/mol. The van der Waals surface area contributed by atoms with E-state index in [-0.39, 0.29) is 17.9 Å². The highest BCUT2D eigenvalue weighted by molar-refractivity contribution is 5.77. The molecular weight excluding hydrogens is 320 g/mol. The molecule has 6 nitrogen and oxygen atoms in total. The van der Waals surface area contributed by atoms with Crippen LogP contribution >= 0.6 is 0 Å². The van der Waals surface area contributed by atoms with E-state index >= 15 is 0 Å². The predicted octanol–water partition coefficient (Wildman–Crippen LogP) is 2.46. The first kappa shape index (κ1) is 21.9. The van der Waals surface area contributed by atoms with Crippen molar-refractivity contribution < 1.29 is 19.1 Å². The van der Waals surface area contributed by atoms with Gasteiger partial charge in [-0.3, -0.25) is 9.59 Å². The summed E-state index contributed by atoms with van der Waals surface area (Å²) in [4.78, 5) is 28.5. The minimum absolute atomic E-state index is 0.182. The van der Waals surface area contributed by atoms with Crippen molar-refractivity contribution in [3.05, 3.63) is 0 Å². The molecule has 0 saturated carbocycles. The van der Waals surface area contributed by atoms with Gasteiger partial charge in [-0.15, -0.1) is 0 Å². The van der Waals surface area contributed by atoms with Crippen molar-refractivity contribution in [1.82, 2.24) is 9.80 Å². The lowest BCUT2D eigenvalue weighted by Crippen LogP contribution is -2.38. The third-order valence-electron chi connectivity index (χ3n) is 4.76. The Kier molecular flexibility index (Phi) is 11.5. The van der Waals surface area contributed by atoms with Crippen LogP contribution in [0.15, 0.2) is 0 Å². The average Bonchev–Trinajstić information content (AvgIpc) is 2.87. The molecule has 146 valence electrons. The van der Waals surface area contributed by atoms with E-state index in [0.717, 1.165) is 45.2 Å². The summed E-state index contributed by atoms with van der Waals surface area (Å²) in [6.07, 6.45) is 5.43. The number of carbonyl (C=O) groups is 2. The molecule has 0 bridgehead atoms. The van der Waals surface area contributed by atoms with Crippen molar-refractivity contribution in [3.8, 4) is 0 Å². The van der Waals surface area contributed by atoms with Crippen molar-refractivity contribution >= 4 is 11.8 Å². The molecule has 1 aliphatic heterocycles. The van der Waals surface area contributed by atoms with Gasteiger partial charge in [-0.05, 0) is 46.0 Å². The number of amides is 2. The first-order valence-electron chi connectivity index (χ1n) is 9.79. The molecule has 1 unspecified atom stereocenters. The summed E-state index contributed by atoms with van der Waals surface area (Å²) in [5.74, 6) is 0.396. The summed E-state index contributed by atoms with van der Waals surface area (Å²) in [6, 6.07) is 0.237. The topological polar surface area (TPSA) is 59.1 Å². The maximum atomic E-state index is 12.3. The lowest BCUT2D eigenvalue weighted by Gasteiger charge is -2.27. The summed E-state index contributed by atoms with van der Waals surface area (Å²) in [5.41, 5.74) is 0. The molecule has 0 aromatic carbocycles. The second kappa shape index (κ2) is 13.1. The van der Waals surface area contributed by atoms with Crippen LogP contribution in [0.25, 0.3) is 0 Å². The number of nitrogens with zero attached hydrogens (tertiary/aromatic N) is 2. The lowest BCUT2D eigenvalue weighted by molar-refractivity contribution is -0.132. The monoisotopic (exact) mass is 356 g/mol. The van der Waals surface area contributed by atoms with Crippen molar-refractivity contribution in [2.24, 2.45) is 0 Å². The lowest BCUT2D eigenvalue weighted by atomic mass is 10.1. The standard InChI is InChI=1S/C19H36N2O4/c1-4-24-15-7-10-18(22)20(3)17-9-6-13-21(14-12-17)19(23)11-8-16-25-5-2/h17H,4-16H2,1-3H3. The molecule has 0 spiro atoms. The van der Waals surface area contributed by atoms with Gasteiger partial charge >= 0.3 is 0 Å². The Balaban J connectivity index is 2.33. The Hall–Kier alpha value is -1.14. The SMILES string of the molecule is CCOCCCC(=O)N1CCCC(N(C)C(=O)CCCOCC)CC1. The van der Waals surface area contributed by atoms with E-state index in [2.05, 4.69) is 0 Å². The van der Waals surface area contributed by atoms with E-state index in [0.29, 0.717) is 39.3 Å². The molecule has 0 aliphatic carbocycles. The Labute approximate surface area is 152 Å². The molecule has 0 N–H and O–H groups in total. The minimum atomic E-state index is 0.182. The summed E-state index contributed by atoms with van der Waals surface area (Å²) >= 11 is 0. The van der Waals surface area contributed by atoms with Crippen LogP contribution in [0.2, 0.25) is 0 Å². The zero-order valence-electron chi connectivity index (χ0n) is 16.3. The van der Waals surface area contributed by atoms with Crippen molar-refractivity contribution in [2.45, 2.75) is 64.8 Å². The van der Waals surface area contributed by atoms with Gasteiger partial charge in [0.2, 0.25) is 11.8 Å². The van der Waals surface area contributed by atoms with E-state index in [1.54, 1.807) is 0 Å². The van der Waals surface area contributed by atoms with Crippen LogP contribution in [0.4, 0.5) is 0 Å². The number of carbonyl (C=O) groups excluding carboxylic acids is 2. The largest absolute Gasteiger partial charge is 0.382 e. The number of ether oxygens (including phenoxy) is 2. The van der Waals surface area contributed by atoms with Crippen molar-refractivity contribution in [2.75, 3.05) is 46.6 Å². The van der Waals surface area contributed by atoms with Crippen LogP contribution in [0.1, 0.15) is 58.8 Å². The normalized spacial score (nSPS) is 18.0. The number of hydrogen-bond donors (Lipinski definition) is 0. The van der Waals surface area contributed by atoms with Gasteiger partial charge in [0.15, 0.2) is 0 Å². The van der Waals surface area contributed by atoms with Gasteiger partial charge in [-0.2, -0.15) is 0 Å². The molecular formula is C19H36N2O4. The van der Waals surface area contributed by atoms with Crippen LogP contribution in [-0.2, 0) is 19.1 Å². The van der Waals surface area contributed by atoms with Gasteiger partial charge in [0.25, 0.3) is 0 Å². The Morgan fingerprint density at radius 1 is 1.00 bits per heavy atom. The van der Waals surface area contributed by atoms with Crippen LogP contribution in [0, 0.1) is 0 Å². The molecule has 6 heteroatoms. The number of rotatable bonds is 11. The molecule has 1 heterocycles. The molecule has 1 rings (SSSR count). The van der Waals surface area contributed by atoms with Gasteiger partial charge in [0.1, 0.15) is 0 Å². The van der Waals surface area contributed by atoms with Crippen molar-refractivity contribution in [1.29, 1.82) is 0 Å². The van der Waals surface area contributed by atoms with E-state index in [1.165, 1.54) is 0 Å². The molecule has 25 heavy (non-hydrogen) atoms. The minimum Gasteiger partial charge on any atom is -0.382 e. The molecule has 1 fully saturated rings. The number of likely N-dealkylation sites (tertiary alicyclic amines) is 1. The fourth-order valence-electron chi connectivity index (χ4n) is 3.19. The Morgan fingerprint density at radius 2 is 1.64 bits per heavy atom. The van der Waals surface area contributed by atoms with Crippen LogP contribution in [-0.4, -0.2) is 74.2 Å². The molecule has 1 aliphatic rings. The second-order valence-corrected chi connectivity index (χ2v) is 6.57. The molecule has 0 radical (unpaired) electrons. The fourth-order valence-corrected chi connectivity index (χ4v) is 3.19. The quantitative estimate of drug-likeness (QED) is 0.534. The molecule has 0 aromatic rings. The third-order valence-corrected chi connectivity index (χ3v) is 4.76. The molecule has 0 aromatic heterocycles. The maximum Gasteiger partial charge on any atom is 0.222 e. The molecule has 2 amide bonds. The Morgan fingerprint density at radius 3 is 2.28 bits per heavy atom. The smallest absolute Gasteiger partial charge is 0.222 e. The zero-order chi connectivity index (χ0) is 18.5. The summed E-state index contributed by atoms with van der Waals surface area (Å²) in [7, 11) is 1.90. The van der Waals surface area contributed by atoms with E-state index in [1.807, 2.05) is 30.7 Å². The predicted molar refractivity (Wildman–Crippen MR) is 98.4 cm³/mol. The highest BCUT2D eigenvalue weighted by Gasteiger charge is 2.25. The highest BCUT2D eigenvalue weighted by Crippen LogP contribution is 2.18. The van der Waals surface area contributed by atoms with Gasteiger partial charge in [0, 0.05) is 65.4 Å². The maximum absolute atomic E-state index is 12.3. The van der Waals surface area contributed by atoms with Gasteiger partial charge < -0.3 is 19.3 Å². The van der Waals surface area contributed by atoms with Gasteiger partial charge in [-0.25, -0.2) is 0 Å². The third kappa shape index (κ3) is 8.68. The Bertz CT molecular complexity index is 390. The van der Waals surface area contributed by atoms with Gasteiger partial charge in [-0.1, -0.05) is 0 Å². The fraction of sp³-hybridized carbons (Fsp3) is 0.895. The van der Waals surface area contributed by atoms with E-state index in [4.69, 9.17) is 9.47 Å². The van der Waals surface area contributed by atoms with Crippen LogP contribution in [0.3, 0.4) is 0 Å². The van der Waals surface area contributed by atoms with Crippen LogP contribution in [0.5, 0.6) is 0 Å². The highest BCUT2D eigenvalue weighted by atomic mass is 16.5. The van der Waals surface area contributed by atoms with E-state index in [9.17, 15) is 9.59 Å². The summed E-state index contributed by atoms with van der Waals surface area (Å²) in [6.45, 7) is 8.16. The van der Waals surface area contributed by atoms with E-state index < -0.39 is 0 Å². The van der Waals surface area contributed by atoms with Crippen LogP contribution < -0.4 is 0 Å². The summed E-state index contributed by atoms with van der Waals surface area (Å²) in [5, 5.41) is 0. The number of hydrogen-bond acceptors (Lipinski definition) is 4. The first-order chi connectivity index (χ1) is 12.1. The van der Waals surface area contributed by atoms with Crippen molar-refractivity contribution in [3.63, 3.8) is 0 Å². The summed E-state index contributed by atoms with van der Waals surface area (Å²) < 4.78 is 10.6. The first-order valence-corrected chi connectivity index (χ1v) is 9.79. The molecule has 1 saturated heterocycles. The van der Waals surface area contributed by atoms with Gasteiger partial charge in [0.05, 0.1) is 0 Å².